The number of ether oxygens (including phenoxy) is 2. The van der Waals surface area contributed by atoms with Gasteiger partial charge in [0.2, 0.25) is 0 Å². The van der Waals surface area contributed by atoms with Crippen molar-refractivity contribution in [2.75, 3.05) is 12.0 Å². The Morgan fingerprint density at radius 3 is 2.85 bits per heavy atom. The van der Waals surface area contributed by atoms with Crippen LogP contribution in [-0.2, 0) is 0 Å². The lowest BCUT2D eigenvalue weighted by Gasteiger charge is -2.50. The van der Waals surface area contributed by atoms with E-state index < -0.39 is 5.72 Å². The average molecular weight is 438 g/mol. The van der Waals surface area contributed by atoms with Gasteiger partial charge < -0.3 is 14.8 Å². The van der Waals surface area contributed by atoms with Gasteiger partial charge in [-0.25, -0.2) is 4.79 Å². The molecule has 1 saturated heterocycles. The second kappa shape index (κ2) is 6.06. The van der Waals surface area contributed by atoms with E-state index >= 15 is 0 Å². The van der Waals surface area contributed by atoms with Crippen LogP contribution in [0, 0.1) is 6.92 Å². The maximum atomic E-state index is 12.9. The molecule has 2 aliphatic heterocycles. The maximum absolute atomic E-state index is 12.9. The summed E-state index contributed by atoms with van der Waals surface area (Å²) in [5, 5.41) is 3.69. The van der Waals surface area contributed by atoms with E-state index in [2.05, 4.69) is 21.2 Å². The van der Waals surface area contributed by atoms with Gasteiger partial charge in [-0.3, -0.25) is 4.90 Å². The number of halogens is 2. The SMILES string of the molecule is COc1cc(Br)cc2c1O[C@]1(C)C[C@H]2NC(=O)N1c1ccc(C)c(Cl)c1. The van der Waals surface area contributed by atoms with Gasteiger partial charge in [0.05, 0.1) is 18.8 Å². The Morgan fingerprint density at radius 2 is 2.15 bits per heavy atom. The molecule has 2 bridgehead atoms. The van der Waals surface area contributed by atoms with Crippen molar-refractivity contribution in [1.29, 1.82) is 0 Å². The molecule has 2 aliphatic rings. The molecular weight excluding hydrogens is 420 g/mol. The van der Waals surface area contributed by atoms with Crippen LogP contribution in [0.3, 0.4) is 0 Å². The lowest BCUT2D eigenvalue weighted by Crippen LogP contribution is -2.65. The molecule has 5 nitrogen and oxygen atoms in total. The third-order valence-electron chi connectivity index (χ3n) is 4.94. The Hall–Kier alpha value is -1.92. The molecule has 4 rings (SSSR count). The summed E-state index contributed by atoms with van der Waals surface area (Å²) in [6, 6.07) is 9.02. The first kappa shape index (κ1) is 17.5. The van der Waals surface area contributed by atoms with Crippen LogP contribution in [0.15, 0.2) is 34.8 Å². The third kappa shape index (κ3) is 2.63. The highest BCUT2D eigenvalue weighted by Gasteiger charge is 2.50. The zero-order chi connectivity index (χ0) is 18.6. The Morgan fingerprint density at radius 1 is 1.38 bits per heavy atom. The molecule has 2 atom stereocenters. The van der Waals surface area contributed by atoms with Crippen molar-refractivity contribution in [3.05, 3.63) is 51.0 Å². The molecule has 1 fully saturated rings. The summed E-state index contributed by atoms with van der Waals surface area (Å²) < 4.78 is 12.7. The summed E-state index contributed by atoms with van der Waals surface area (Å²) in [5.74, 6) is 1.28. The zero-order valence-electron chi connectivity index (χ0n) is 14.6. The number of rotatable bonds is 2. The molecule has 7 heteroatoms. The van der Waals surface area contributed by atoms with Crippen molar-refractivity contribution >= 4 is 39.2 Å². The second-order valence-electron chi connectivity index (χ2n) is 6.78. The molecule has 2 heterocycles. The van der Waals surface area contributed by atoms with Crippen LogP contribution in [0.25, 0.3) is 0 Å². The summed E-state index contributed by atoms with van der Waals surface area (Å²) in [6.07, 6.45) is 0.608. The van der Waals surface area contributed by atoms with Gasteiger partial charge in [-0.1, -0.05) is 33.6 Å². The number of hydrogen-bond donors (Lipinski definition) is 1. The van der Waals surface area contributed by atoms with Crippen LogP contribution in [0.2, 0.25) is 5.02 Å². The van der Waals surface area contributed by atoms with Crippen LogP contribution < -0.4 is 19.7 Å². The summed E-state index contributed by atoms with van der Waals surface area (Å²) in [5.41, 5.74) is 1.71. The van der Waals surface area contributed by atoms with E-state index in [-0.39, 0.29) is 12.1 Å². The Kier molecular flexibility index (Phi) is 4.08. The lowest BCUT2D eigenvalue weighted by atomic mass is 9.90. The van der Waals surface area contributed by atoms with E-state index in [0.717, 1.165) is 15.6 Å². The number of nitrogens with one attached hydrogen (secondary N) is 1. The number of anilines is 1. The second-order valence-corrected chi connectivity index (χ2v) is 8.10. The van der Waals surface area contributed by atoms with Gasteiger partial charge in [-0.05, 0) is 43.7 Å². The molecule has 26 heavy (non-hydrogen) atoms. The molecule has 0 unspecified atom stereocenters. The molecule has 1 N–H and O–H groups in total. The first-order chi connectivity index (χ1) is 12.3. The van der Waals surface area contributed by atoms with E-state index in [1.165, 1.54) is 0 Å². The van der Waals surface area contributed by atoms with Crippen LogP contribution in [0.4, 0.5) is 10.5 Å². The number of carbonyl (C=O) groups is 1. The number of fused-ring (bicyclic) bond motifs is 4. The third-order valence-corrected chi connectivity index (χ3v) is 5.80. The van der Waals surface area contributed by atoms with Crippen molar-refractivity contribution in [3.8, 4) is 11.5 Å². The van der Waals surface area contributed by atoms with Crippen molar-refractivity contribution < 1.29 is 14.3 Å². The Bertz CT molecular complexity index is 920. The van der Waals surface area contributed by atoms with Crippen LogP contribution in [0.5, 0.6) is 11.5 Å². The van der Waals surface area contributed by atoms with Gasteiger partial charge in [0, 0.05) is 21.5 Å². The number of amides is 2. The van der Waals surface area contributed by atoms with E-state index in [9.17, 15) is 4.79 Å². The van der Waals surface area contributed by atoms with Crippen molar-refractivity contribution in [3.63, 3.8) is 0 Å². The fourth-order valence-electron chi connectivity index (χ4n) is 3.66. The van der Waals surface area contributed by atoms with E-state index in [1.807, 2.05) is 38.1 Å². The number of carbonyl (C=O) groups excluding carboxylic acids is 1. The topological polar surface area (TPSA) is 50.8 Å². The highest BCUT2D eigenvalue weighted by atomic mass is 79.9. The molecule has 0 aliphatic carbocycles. The first-order valence-corrected chi connectivity index (χ1v) is 9.43. The predicted octanol–water partition coefficient (Wildman–Crippen LogP) is 5.19. The van der Waals surface area contributed by atoms with Gasteiger partial charge in [0.1, 0.15) is 0 Å². The summed E-state index contributed by atoms with van der Waals surface area (Å²) in [4.78, 5) is 14.5. The molecular formula is C19H18BrClN2O3. The van der Waals surface area contributed by atoms with Gasteiger partial charge >= 0.3 is 6.03 Å². The fourth-order valence-corrected chi connectivity index (χ4v) is 4.29. The normalized spacial score (nSPS) is 23.8. The lowest BCUT2D eigenvalue weighted by molar-refractivity contribution is 0.0349. The zero-order valence-corrected chi connectivity index (χ0v) is 16.9. The molecule has 0 aromatic heterocycles. The van der Waals surface area contributed by atoms with Crippen LogP contribution in [-0.4, -0.2) is 18.9 Å². The number of methoxy groups -OCH3 is 1. The van der Waals surface area contributed by atoms with E-state index in [0.29, 0.717) is 28.6 Å². The van der Waals surface area contributed by atoms with Crippen molar-refractivity contribution in [2.45, 2.75) is 32.0 Å². The van der Waals surface area contributed by atoms with Crippen molar-refractivity contribution in [2.24, 2.45) is 0 Å². The minimum Gasteiger partial charge on any atom is -0.493 e. The first-order valence-electron chi connectivity index (χ1n) is 8.26. The Balaban J connectivity index is 1.83. The largest absolute Gasteiger partial charge is 0.493 e. The molecule has 2 aromatic carbocycles. The van der Waals surface area contributed by atoms with E-state index in [1.54, 1.807) is 18.1 Å². The molecule has 0 radical (unpaired) electrons. The average Bonchev–Trinajstić information content (AvgIpc) is 2.57. The van der Waals surface area contributed by atoms with Gasteiger partial charge in [-0.15, -0.1) is 0 Å². The highest BCUT2D eigenvalue weighted by Crippen LogP contribution is 2.50. The molecule has 136 valence electrons. The fraction of sp³-hybridized carbons (Fsp3) is 0.316. The molecule has 2 amide bonds. The number of nitrogens with zero attached hydrogens (tertiary/aromatic N) is 1. The predicted molar refractivity (Wildman–Crippen MR) is 104 cm³/mol. The quantitative estimate of drug-likeness (QED) is 0.703. The molecule has 0 saturated carbocycles. The standard InChI is InChI=1S/C19H18BrClN2O3/c1-10-4-5-12(8-14(10)21)23-18(24)22-15-9-19(23,2)26-17-13(15)6-11(20)7-16(17)25-3/h4-8,15H,9H2,1-3H3,(H,22,24)/t15-,19-/m1/s1. The summed E-state index contributed by atoms with van der Waals surface area (Å²) in [7, 11) is 1.61. The van der Waals surface area contributed by atoms with Gasteiger partial charge in [-0.2, -0.15) is 0 Å². The van der Waals surface area contributed by atoms with Crippen molar-refractivity contribution in [1.82, 2.24) is 5.32 Å². The number of benzene rings is 2. The monoisotopic (exact) mass is 436 g/mol. The minimum atomic E-state index is -0.848. The maximum Gasteiger partial charge on any atom is 0.325 e. The highest BCUT2D eigenvalue weighted by molar-refractivity contribution is 9.10. The number of hydrogen-bond acceptors (Lipinski definition) is 3. The summed E-state index contributed by atoms with van der Waals surface area (Å²) in [6.45, 7) is 3.84. The van der Waals surface area contributed by atoms with E-state index in [4.69, 9.17) is 21.1 Å². The number of aryl methyl sites for hydroxylation is 1. The van der Waals surface area contributed by atoms with Crippen LogP contribution >= 0.6 is 27.5 Å². The molecule has 2 aromatic rings. The minimum absolute atomic E-state index is 0.153. The van der Waals surface area contributed by atoms with Gasteiger partial charge in [0.15, 0.2) is 17.2 Å². The van der Waals surface area contributed by atoms with Gasteiger partial charge in [0.25, 0.3) is 0 Å². The Labute approximate surface area is 165 Å². The van der Waals surface area contributed by atoms with Crippen LogP contribution in [0.1, 0.15) is 30.5 Å². The smallest absolute Gasteiger partial charge is 0.325 e. The molecule has 0 spiro atoms. The summed E-state index contributed by atoms with van der Waals surface area (Å²) >= 11 is 9.77. The number of urea groups is 1.